The zero-order valence-electron chi connectivity index (χ0n) is 11.6. The van der Waals surface area contributed by atoms with Gasteiger partial charge in [0.05, 0.1) is 12.2 Å². The molecule has 1 aromatic carbocycles. The van der Waals surface area contributed by atoms with E-state index in [1.165, 1.54) is 0 Å². The van der Waals surface area contributed by atoms with E-state index in [4.69, 9.17) is 24.4 Å². The molecule has 1 rings (SSSR count). The first-order valence-corrected chi connectivity index (χ1v) is 6.34. The van der Waals surface area contributed by atoms with Crippen LogP contribution >= 0.6 is 0 Å². The molecule has 2 N–H and O–H groups in total. The Bertz CT molecular complexity index is 499. The van der Waals surface area contributed by atoms with Crippen LogP contribution in [0.25, 0.3) is 0 Å². The Morgan fingerprint density at radius 3 is 2.18 bits per heavy atom. The number of carbonyl (C=O) groups is 3. The molecular weight excluding hydrogens is 296 g/mol. The summed E-state index contributed by atoms with van der Waals surface area (Å²) in [7, 11) is 0. The molecule has 0 radical (unpaired) electrons. The Morgan fingerprint density at radius 1 is 0.955 bits per heavy atom. The quantitative estimate of drug-likeness (QED) is 0.596. The van der Waals surface area contributed by atoms with Crippen LogP contribution in [0.15, 0.2) is 30.3 Å². The standard InChI is InChI=1S/C14H16O8/c15-12(16)8-20-6-11(21-9-13(17)18)7-22-14(19)10-4-2-1-3-5-10/h1-5,11H,6-9H2,(H,15,16)(H,17,18). The third-order valence-corrected chi connectivity index (χ3v) is 2.38. The number of esters is 1. The van der Waals surface area contributed by atoms with E-state index in [1.807, 2.05) is 0 Å². The largest absolute Gasteiger partial charge is 0.480 e. The van der Waals surface area contributed by atoms with Gasteiger partial charge in [0.1, 0.15) is 25.9 Å². The average molecular weight is 312 g/mol. The summed E-state index contributed by atoms with van der Waals surface area (Å²) in [5.74, 6) is -2.96. The second-order valence-electron chi connectivity index (χ2n) is 4.20. The van der Waals surface area contributed by atoms with Crippen LogP contribution in [0.3, 0.4) is 0 Å². The summed E-state index contributed by atoms with van der Waals surface area (Å²) in [6.45, 7) is -1.62. The molecule has 0 amide bonds. The Kier molecular flexibility index (Phi) is 7.58. The van der Waals surface area contributed by atoms with Crippen molar-refractivity contribution in [2.24, 2.45) is 0 Å². The van der Waals surface area contributed by atoms with Gasteiger partial charge >= 0.3 is 17.9 Å². The summed E-state index contributed by atoms with van der Waals surface area (Å²) in [6.07, 6.45) is -0.872. The number of aliphatic carboxylic acids is 2. The van der Waals surface area contributed by atoms with E-state index >= 15 is 0 Å². The number of ether oxygens (including phenoxy) is 3. The van der Waals surface area contributed by atoms with E-state index in [0.717, 1.165) is 0 Å². The van der Waals surface area contributed by atoms with Crippen LogP contribution in [0.1, 0.15) is 10.4 Å². The first-order valence-electron chi connectivity index (χ1n) is 6.34. The molecule has 0 aliphatic rings. The number of carboxylic acid groups (broad SMARTS) is 2. The van der Waals surface area contributed by atoms with Crippen molar-refractivity contribution < 1.29 is 38.8 Å². The molecule has 0 spiro atoms. The van der Waals surface area contributed by atoms with Crippen molar-refractivity contribution in [1.29, 1.82) is 0 Å². The minimum atomic E-state index is -1.20. The summed E-state index contributed by atoms with van der Waals surface area (Å²) < 4.78 is 14.8. The second-order valence-corrected chi connectivity index (χ2v) is 4.20. The molecule has 0 bridgehead atoms. The second kappa shape index (κ2) is 9.48. The summed E-state index contributed by atoms with van der Waals surface area (Å²) >= 11 is 0. The van der Waals surface area contributed by atoms with Crippen LogP contribution < -0.4 is 0 Å². The molecule has 1 unspecified atom stereocenters. The predicted molar refractivity (Wildman–Crippen MR) is 72.6 cm³/mol. The molecule has 120 valence electrons. The van der Waals surface area contributed by atoms with Gasteiger partial charge in [-0.2, -0.15) is 0 Å². The molecule has 0 saturated heterocycles. The first kappa shape index (κ1) is 17.6. The van der Waals surface area contributed by atoms with E-state index in [-0.39, 0.29) is 13.2 Å². The Morgan fingerprint density at radius 2 is 1.59 bits per heavy atom. The predicted octanol–water partition coefficient (Wildman–Crippen LogP) is 0.414. The molecule has 1 aromatic rings. The van der Waals surface area contributed by atoms with Crippen LogP contribution in [0.2, 0.25) is 0 Å². The maximum Gasteiger partial charge on any atom is 0.338 e. The van der Waals surface area contributed by atoms with Crippen LogP contribution in [-0.2, 0) is 23.8 Å². The zero-order chi connectivity index (χ0) is 16.4. The lowest BCUT2D eigenvalue weighted by atomic mass is 10.2. The fourth-order valence-corrected chi connectivity index (χ4v) is 1.44. The number of carboxylic acids is 2. The van der Waals surface area contributed by atoms with Gasteiger partial charge in [-0.05, 0) is 12.1 Å². The monoisotopic (exact) mass is 312 g/mol. The molecule has 1 atom stereocenters. The van der Waals surface area contributed by atoms with Crippen LogP contribution in [-0.4, -0.2) is 60.7 Å². The number of carbonyl (C=O) groups excluding carboxylic acids is 1. The average Bonchev–Trinajstić information content (AvgIpc) is 2.49. The first-order chi connectivity index (χ1) is 10.5. The van der Waals surface area contributed by atoms with Crippen LogP contribution in [0, 0.1) is 0 Å². The Hall–Kier alpha value is -2.45. The van der Waals surface area contributed by atoms with Crippen molar-refractivity contribution in [2.45, 2.75) is 6.10 Å². The molecule has 0 aromatic heterocycles. The van der Waals surface area contributed by atoms with Gasteiger partial charge in [-0.15, -0.1) is 0 Å². The van der Waals surface area contributed by atoms with Gasteiger partial charge in [-0.1, -0.05) is 18.2 Å². The minimum absolute atomic E-state index is 0.207. The summed E-state index contributed by atoms with van der Waals surface area (Å²) in [6, 6.07) is 8.22. The third kappa shape index (κ3) is 7.36. The smallest absolute Gasteiger partial charge is 0.338 e. The van der Waals surface area contributed by atoms with Crippen molar-refractivity contribution in [3.63, 3.8) is 0 Å². The number of benzene rings is 1. The molecule has 0 aliphatic carbocycles. The maximum atomic E-state index is 11.7. The van der Waals surface area contributed by atoms with Gasteiger partial charge < -0.3 is 24.4 Å². The van der Waals surface area contributed by atoms with Crippen LogP contribution in [0.4, 0.5) is 0 Å². The SMILES string of the molecule is O=C(O)COCC(COC(=O)c1ccccc1)OCC(=O)O. The van der Waals surface area contributed by atoms with E-state index in [1.54, 1.807) is 30.3 Å². The highest BCUT2D eigenvalue weighted by molar-refractivity contribution is 5.89. The molecular formula is C14H16O8. The Labute approximate surface area is 126 Å². The number of hydrogen-bond donors (Lipinski definition) is 2. The van der Waals surface area contributed by atoms with E-state index in [2.05, 4.69) is 0 Å². The highest BCUT2D eigenvalue weighted by atomic mass is 16.6. The van der Waals surface area contributed by atoms with Crippen molar-refractivity contribution in [1.82, 2.24) is 0 Å². The van der Waals surface area contributed by atoms with Gasteiger partial charge in [0, 0.05) is 0 Å². The lowest BCUT2D eigenvalue weighted by molar-refractivity contribution is -0.151. The van der Waals surface area contributed by atoms with Crippen LogP contribution in [0.5, 0.6) is 0 Å². The van der Waals surface area contributed by atoms with Gasteiger partial charge in [-0.3, -0.25) is 0 Å². The summed E-state index contributed by atoms with van der Waals surface area (Å²) in [4.78, 5) is 32.6. The molecule has 0 aliphatic heterocycles. The van der Waals surface area contributed by atoms with Crippen molar-refractivity contribution >= 4 is 17.9 Å². The molecule has 8 heteroatoms. The van der Waals surface area contributed by atoms with E-state index in [0.29, 0.717) is 5.56 Å². The topological polar surface area (TPSA) is 119 Å². The number of hydrogen-bond acceptors (Lipinski definition) is 6. The van der Waals surface area contributed by atoms with Gasteiger partial charge in [-0.25, -0.2) is 14.4 Å². The van der Waals surface area contributed by atoms with E-state index < -0.39 is 37.2 Å². The summed E-state index contributed by atoms with van der Waals surface area (Å²) in [5.41, 5.74) is 0.339. The van der Waals surface area contributed by atoms with Gasteiger partial charge in [0.25, 0.3) is 0 Å². The molecule has 0 heterocycles. The van der Waals surface area contributed by atoms with Crippen molar-refractivity contribution in [2.75, 3.05) is 26.4 Å². The highest BCUT2D eigenvalue weighted by Crippen LogP contribution is 2.03. The fourth-order valence-electron chi connectivity index (χ4n) is 1.44. The third-order valence-electron chi connectivity index (χ3n) is 2.38. The molecule has 0 fully saturated rings. The number of rotatable bonds is 10. The van der Waals surface area contributed by atoms with Crippen molar-refractivity contribution in [3.05, 3.63) is 35.9 Å². The zero-order valence-corrected chi connectivity index (χ0v) is 11.6. The minimum Gasteiger partial charge on any atom is -0.480 e. The normalized spacial score (nSPS) is 11.6. The highest BCUT2D eigenvalue weighted by Gasteiger charge is 2.16. The fraction of sp³-hybridized carbons (Fsp3) is 0.357. The van der Waals surface area contributed by atoms with Crippen molar-refractivity contribution in [3.8, 4) is 0 Å². The van der Waals surface area contributed by atoms with Gasteiger partial charge in [0.2, 0.25) is 0 Å². The molecule has 22 heavy (non-hydrogen) atoms. The Balaban J connectivity index is 2.46. The van der Waals surface area contributed by atoms with Gasteiger partial charge in [0.15, 0.2) is 0 Å². The lowest BCUT2D eigenvalue weighted by Crippen LogP contribution is -2.30. The van der Waals surface area contributed by atoms with E-state index in [9.17, 15) is 14.4 Å². The summed E-state index contributed by atoms with van der Waals surface area (Å²) in [5, 5.41) is 17.0. The maximum absolute atomic E-state index is 11.7. The lowest BCUT2D eigenvalue weighted by Gasteiger charge is -2.16. The molecule has 8 nitrogen and oxygen atoms in total. The molecule has 0 saturated carbocycles.